The van der Waals surface area contributed by atoms with E-state index in [4.69, 9.17) is 28.7 Å². The first-order chi connectivity index (χ1) is 56.4. The van der Waals surface area contributed by atoms with E-state index in [0.717, 1.165) is 47.9 Å². The normalized spacial score (nSPS) is 17.0. The van der Waals surface area contributed by atoms with Gasteiger partial charge in [-0.2, -0.15) is 0 Å². The van der Waals surface area contributed by atoms with Gasteiger partial charge in [0.05, 0.1) is 12.6 Å². The molecule has 11 amide bonds. The molecule has 4 aromatic rings. The van der Waals surface area contributed by atoms with Gasteiger partial charge < -0.3 is 79.8 Å². The molecule has 0 spiro atoms. The van der Waals surface area contributed by atoms with E-state index >= 15 is 24.0 Å². The minimum atomic E-state index is -1.17. The molecule has 1 aliphatic rings. The lowest BCUT2D eigenvalue weighted by Crippen LogP contribution is -2.57. The van der Waals surface area contributed by atoms with Crippen molar-refractivity contribution in [1.82, 2.24) is 51.1 Å². The summed E-state index contributed by atoms with van der Waals surface area (Å²) in [6.45, 7) is 1.65. The Morgan fingerprint density at radius 1 is 0.457 bits per heavy atom. The van der Waals surface area contributed by atoms with E-state index in [1.54, 1.807) is 0 Å². The van der Waals surface area contributed by atoms with Gasteiger partial charge in [0.1, 0.15) is 24.2 Å². The van der Waals surface area contributed by atoms with Crippen LogP contribution in [0, 0.1) is 0 Å². The van der Waals surface area contributed by atoms with E-state index < -0.39 is 84.5 Å². The second kappa shape index (κ2) is 59.5. The standard InChI is InChI=1S/C90H141N15O11/c1-2-3-4-5-6-7-8-9-10-11-12-13-26-47-83(109)102(76(87(95)113)43-27-31-56-91)64-61-97-81(107)70-101-69-75(68-74-41-24-17-25-42-74)100-90(116)79(46-30-34-59-94)105(86(112)54-50-73-39-22-16-23-40-73)67-63-99-89(115)78(45-29-33-58-93)104(85(111)53-49-72-37-20-15-21-38-72)66-62-98-88(114)77(44-28-32-57-92)103(65-60-96-80(106)51-55-82(101)108)84(110)52-48-71-35-18-14-19-36-71/h14-25,35-42,75-79H,2-13,26-34,43-70,91-94H2,1H3,(H2,95,113)(H,96,106)(H,97,107)(H,98,114)(H,99,115)(H,100,116)/t75-,76-,77-,78-,79-/m0/s1. The smallest absolute Gasteiger partial charge is 0.243 e. The largest absolute Gasteiger partial charge is 0.368 e. The summed E-state index contributed by atoms with van der Waals surface area (Å²) in [4.78, 5) is 170. The van der Waals surface area contributed by atoms with E-state index in [1.165, 1.54) is 75.9 Å². The van der Waals surface area contributed by atoms with Crippen molar-refractivity contribution >= 4 is 65.0 Å². The van der Waals surface area contributed by atoms with Gasteiger partial charge in [-0.1, -0.05) is 205 Å². The highest BCUT2D eigenvalue weighted by Crippen LogP contribution is 2.22. The van der Waals surface area contributed by atoms with Crippen LogP contribution < -0.4 is 55.3 Å². The van der Waals surface area contributed by atoms with Crippen LogP contribution in [0.1, 0.15) is 228 Å². The summed E-state index contributed by atoms with van der Waals surface area (Å²) in [5.74, 6) is -5.55. The quantitative estimate of drug-likeness (QED) is 0.0187. The molecule has 5 rings (SSSR count). The third-order valence-electron chi connectivity index (χ3n) is 21.7. The fourth-order valence-corrected chi connectivity index (χ4v) is 15.1. The van der Waals surface area contributed by atoms with Crippen molar-refractivity contribution in [3.05, 3.63) is 144 Å². The number of nitrogens with zero attached hydrogens (tertiary/aromatic N) is 5. The van der Waals surface area contributed by atoms with Crippen LogP contribution in [-0.2, 0) is 78.4 Å². The molecule has 0 radical (unpaired) electrons. The van der Waals surface area contributed by atoms with Gasteiger partial charge >= 0.3 is 0 Å². The highest BCUT2D eigenvalue weighted by molar-refractivity contribution is 5.92. The van der Waals surface area contributed by atoms with Crippen LogP contribution >= 0.6 is 0 Å². The summed E-state index contributed by atoms with van der Waals surface area (Å²) in [5, 5.41) is 15.1. The van der Waals surface area contributed by atoms with Crippen molar-refractivity contribution in [3.63, 3.8) is 0 Å². The summed E-state index contributed by atoms with van der Waals surface area (Å²) < 4.78 is 0. The van der Waals surface area contributed by atoms with Gasteiger partial charge in [-0.15, -0.1) is 0 Å². The van der Waals surface area contributed by atoms with Gasteiger partial charge in [0.2, 0.25) is 65.0 Å². The molecule has 15 N–H and O–H groups in total. The Bertz CT molecular complexity index is 3470. The zero-order chi connectivity index (χ0) is 83.8. The van der Waals surface area contributed by atoms with Crippen molar-refractivity contribution in [2.24, 2.45) is 28.7 Å². The minimum Gasteiger partial charge on any atom is -0.368 e. The lowest BCUT2D eigenvalue weighted by atomic mass is 10.0. The van der Waals surface area contributed by atoms with Gasteiger partial charge in [0.15, 0.2) is 0 Å². The number of unbranched alkanes of at least 4 members (excludes halogenated alkanes) is 16. The van der Waals surface area contributed by atoms with Crippen molar-refractivity contribution in [2.75, 3.05) is 91.6 Å². The molecule has 5 atom stereocenters. The molecule has 0 aliphatic carbocycles. The Morgan fingerprint density at radius 2 is 0.845 bits per heavy atom. The molecule has 26 heteroatoms. The minimum absolute atomic E-state index is 0.0130. The van der Waals surface area contributed by atoms with Gasteiger partial charge in [-0.25, -0.2) is 0 Å². The molecule has 26 nitrogen and oxygen atoms in total. The number of aryl methyl sites for hydroxylation is 3. The lowest BCUT2D eigenvalue weighted by molar-refractivity contribution is -0.143. The SMILES string of the molecule is CCCCCCCCCCCCCCCC(=O)N(CCNC(=O)CN1C[C@H](Cc2ccccc2)NC(=O)[C@H](CCCCN)N(C(=O)CCc2ccccc2)CCNC(=O)[C@H](CCCCN)N(C(=O)CCc2ccccc2)CCNC(=O)[C@H](CCCCN)N(C(=O)CCc2ccccc2)CCNC(=O)CCC1=O)[C@@H](CCCCN)C(N)=O. The highest BCUT2D eigenvalue weighted by Gasteiger charge is 2.36. The second-order valence-electron chi connectivity index (χ2n) is 30.9. The van der Waals surface area contributed by atoms with Crippen molar-refractivity contribution < 1.29 is 52.7 Å². The summed E-state index contributed by atoms with van der Waals surface area (Å²) >= 11 is 0. The van der Waals surface area contributed by atoms with Crippen LogP contribution in [0.5, 0.6) is 0 Å². The zero-order valence-electron chi connectivity index (χ0n) is 69.7. The van der Waals surface area contributed by atoms with Gasteiger partial charge in [-0.3, -0.25) is 52.7 Å². The number of carbonyl (C=O) groups is 11. The highest BCUT2D eigenvalue weighted by atomic mass is 16.2. The van der Waals surface area contributed by atoms with Crippen LogP contribution in [0.25, 0.3) is 0 Å². The molecule has 0 unspecified atom stereocenters. The van der Waals surface area contributed by atoms with Crippen LogP contribution in [0.3, 0.4) is 0 Å². The molecule has 4 aromatic carbocycles. The molecule has 1 fully saturated rings. The Morgan fingerprint density at radius 3 is 1.26 bits per heavy atom. The molecule has 642 valence electrons. The number of hydrogen-bond donors (Lipinski definition) is 10. The number of benzene rings is 4. The average Bonchev–Trinajstić information content (AvgIpc) is 1.44. The Labute approximate surface area is 691 Å². The first-order valence-electron chi connectivity index (χ1n) is 43.5. The Balaban J connectivity index is 1.57. The van der Waals surface area contributed by atoms with Gasteiger partial charge in [-0.05, 0) is 158 Å². The molecule has 0 aromatic heterocycles. The first kappa shape index (κ1) is 97.5. The maximum absolute atomic E-state index is 15.7. The molecule has 1 heterocycles. The van der Waals surface area contributed by atoms with Crippen LogP contribution in [0.15, 0.2) is 121 Å². The molecule has 0 saturated carbocycles. The number of rotatable bonds is 48. The maximum atomic E-state index is 15.7. The zero-order valence-corrected chi connectivity index (χ0v) is 69.7. The van der Waals surface area contributed by atoms with Crippen molar-refractivity contribution in [3.8, 4) is 0 Å². The molecular formula is C90H141N15O11. The molecule has 1 saturated heterocycles. The van der Waals surface area contributed by atoms with Crippen LogP contribution in [0.2, 0.25) is 0 Å². The predicted molar refractivity (Wildman–Crippen MR) is 457 cm³/mol. The lowest BCUT2D eigenvalue weighted by Gasteiger charge is -2.35. The third-order valence-corrected chi connectivity index (χ3v) is 21.7. The van der Waals surface area contributed by atoms with Gasteiger partial charge in [0, 0.05) is 97.4 Å². The number of amides is 11. The predicted octanol–water partition coefficient (Wildman–Crippen LogP) is 7.97. The number of hydrogen-bond acceptors (Lipinski definition) is 15. The van der Waals surface area contributed by atoms with Crippen molar-refractivity contribution in [2.45, 2.75) is 262 Å². The molecule has 1 aliphatic heterocycles. The summed E-state index contributed by atoms with van der Waals surface area (Å²) in [6, 6.07) is 32.3. The fraction of sp³-hybridized carbons (Fsp3) is 0.611. The molecule has 0 bridgehead atoms. The van der Waals surface area contributed by atoms with Crippen molar-refractivity contribution in [1.29, 1.82) is 0 Å². The first-order valence-corrected chi connectivity index (χ1v) is 43.5. The Kier molecular flexibility index (Phi) is 50.0. The van der Waals surface area contributed by atoms with E-state index in [9.17, 15) is 28.8 Å². The third kappa shape index (κ3) is 39.2. The van der Waals surface area contributed by atoms with E-state index in [2.05, 4.69) is 33.5 Å². The van der Waals surface area contributed by atoms with Crippen LogP contribution in [-0.4, -0.2) is 211 Å². The maximum Gasteiger partial charge on any atom is 0.243 e. The number of carbonyl (C=O) groups excluding carboxylic acids is 11. The van der Waals surface area contributed by atoms with Crippen LogP contribution in [0.4, 0.5) is 0 Å². The second-order valence-corrected chi connectivity index (χ2v) is 30.9. The number of nitrogens with one attached hydrogen (secondary N) is 5. The Hall–Kier alpha value is -9.11. The average molecular weight is 1610 g/mol. The monoisotopic (exact) mass is 1610 g/mol. The fourth-order valence-electron chi connectivity index (χ4n) is 15.1. The van der Waals surface area contributed by atoms with E-state index in [0.29, 0.717) is 96.7 Å². The number of primary amides is 1. The summed E-state index contributed by atoms with van der Waals surface area (Å²) in [5.41, 5.74) is 33.6. The van der Waals surface area contributed by atoms with Gasteiger partial charge in [0.25, 0.3) is 0 Å². The molecular weight excluding hydrogens is 1470 g/mol. The van der Waals surface area contributed by atoms with E-state index in [-0.39, 0.29) is 153 Å². The summed E-state index contributed by atoms with van der Waals surface area (Å²) in [6.07, 6.45) is 20.0. The molecule has 116 heavy (non-hydrogen) atoms. The number of nitrogens with two attached hydrogens (primary N) is 5. The topological polar surface area (TPSA) is 394 Å². The summed E-state index contributed by atoms with van der Waals surface area (Å²) in [7, 11) is 0. The van der Waals surface area contributed by atoms with E-state index in [1.807, 2.05) is 121 Å².